The molecule has 9 rings (SSSR count). The molecule has 4 heterocycles. The van der Waals surface area contributed by atoms with Crippen molar-refractivity contribution in [1.82, 2.24) is 38.2 Å². The van der Waals surface area contributed by atoms with E-state index in [1.54, 1.807) is 0 Å². The number of hydrogen-bond donors (Lipinski definition) is 0. The monoisotopic (exact) mass is 1020 g/mol. The Labute approximate surface area is 451 Å². The molecule has 0 radical (unpaired) electrons. The van der Waals surface area contributed by atoms with Gasteiger partial charge in [0.1, 0.15) is 72.7 Å². The maximum Gasteiger partial charge on any atom is 0.146 e. The fourth-order valence-corrected chi connectivity index (χ4v) is 10.1. The van der Waals surface area contributed by atoms with Gasteiger partial charge in [0.25, 0.3) is 0 Å². The number of nitrogens with zero attached hydrogens (tertiary/aromatic N) is 8. The SMILES string of the molecule is Cn1ccnc1COc1c2cc(C(C)(C)C)cc1Cc1cc(C(C)(C)C)cc(c1OCc1nccn1C)Cc1cc(C(C)(C)C)cc(c1OCc1nccn1C)Cc1cc(C(C)(C)C)cc(c1OCc1nccn1C)C2. The molecule has 0 saturated heterocycles. The van der Waals surface area contributed by atoms with Gasteiger partial charge in [0.05, 0.1) is 0 Å². The van der Waals surface area contributed by atoms with Gasteiger partial charge in [0.15, 0.2) is 0 Å². The summed E-state index contributed by atoms with van der Waals surface area (Å²) in [7, 11) is 8.07. The van der Waals surface area contributed by atoms with E-state index < -0.39 is 0 Å². The summed E-state index contributed by atoms with van der Waals surface area (Å²) in [5, 5.41) is 0. The molecular weight excluding hydrogens is 945 g/mol. The predicted octanol–water partition coefficient (Wildman–Crippen LogP) is 12.8. The van der Waals surface area contributed by atoms with Gasteiger partial charge in [0, 0.05) is 103 Å². The molecule has 8 bridgehead atoms. The highest BCUT2D eigenvalue weighted by molar-refractivity contribution is 5.60. The summed E-state index contributed by atoms with van der Waals surface area (Å²) in [5.74, 6) is 6.69. The van der Waals surface area contributed by atoms with Crippen LogP contribution in [0.25, 0.3) is 0 Å². The minimum atomic E-state index is -0.201. The Morgan fingerprint density at radius 2 is 0.487 bits per heavy atom. The van der Waals surface area contributed by atoms with Crippen molar-refractivity contribution < 1.29 is 18.9 Å². The van der Waals surface area contributed by atoms with Gasteiger partial charge in [-0.05, 0) is 88.4 Å². The molecule has 0 spiro atoms. The van der Waals surface area contributed by atoms with Crippen LogP contribution >= 0.6 is 0 Å². The lowest BCUT2D eigenvalue weighted by Gasteiger charge is -2.29. The number of imidazole rings is 4. The van der Waals surface area contributed by atoms with E-state index in [-0.39, 0.29) is 48.1 Å². The zero-order valence-electron chi connectivity index (χ0n) is 48.1. The lowest BCUT2D eigenvalue weighted by Crippen LogP contribution is -2.18. The molecule has 4 aromatic carbocycles. The molecule has 0 atom stereocenters. The first kappa shape index (κ1) is 53.7. The van der Waals surface area contributed by atoms with Crippen molar-refractivity contribution in [2.45, 2.75) is 157 Å². The van der Waals surface area contributed by atoms with E-state index in [9.17, 15) is 0 Å². The van der Waals surface area contributed by atoms with Gasteiger partial charge in [-0.1, -0.05) is 132 Å². The molecule has 0 saturated carbocycles. The van der Waals surface area contributed by atoms with Gasteiger partial charge in [-0.15, -0.1) is 0 Å². The van der Waals surface area contributed by atoms with Gasteiger partial charge in [0.2, 0.25) is 0 Å². The second-order valence-corrected chi connectivity index (χ2v) is 25.2. The molecule has 1 aliphatic carbocycles. The van der Waals surface area contributed by atoms with Crippen LogP contribution in [-0.2, 0) is 102 Å². The highest BCUT2D eigenvalue weighted by atomic mass is 16.5. The minimum Gasteiger partial charge on any atom is -0.485 e. The van der Waals surface area contributed by atoms with Crippen LogP contribution in [0.3, 0.4) is 0 Å². The third kappa shape index (κ3) is 11.8. The fourth-order valence-electron chi connectivity index (χ4n) is 10.1. The highest BCUT2D eigenvalue weighted by Gasteiger charge is 2.30. The summed E-state index contributed by atoms with van der Waals surface area (Å²) in [6, 6.07) is 18.9. The van der Waals surface area contributed by atoms with E-state index in [2.05, 4.69) is 132 Å². The van der Waals surface area contributed by atoms with Crippen LogP contribution in [0.2, 0.25) is 0 Å². The standard InChI is InChI=1S/C64H80N8O4/c1-61(2,3)49-29-41-25-43-31-50(62(4,5)6)33-45(58(43)74-38-54-66-18-22-70(54)14)27-47-35-52(64(10,11)12)36-48(60(47)76-40-56-68-20-24-72(56)16)28-46-34-51(63(7,8)9)32-44(59(46)75-39-55-67-19-23-71(55)15)26-42(30-49)57(41)73-37-53-65-17-21-69(53)13/h17-24,29-36H,25-28,37-40H2,1-16H3. The van der Waals surface area contributed by atoms with Crippen molar-refractivity contribution in [3.8, 4) is 23.0 Å². The first-order valence-corrected chi connectivity index (χ1v) is 26.8. The van der Waals surface area contributed by atoms with E-state index in [4.69, 9.17) is 38.9 Å². The molecule has 0 amide bonds. The first-order chi connectivity index (χ1) is 35.8. The van der Waals surface area contributed by atoms with Crippen LogP contribution < -0.4 is 18.9 Å². The van der Waals surface area contributed by atoms with E-state index in [0.29, 0.717) is 25.7 Å². The zero-order chi connectivity index (χ0) is 54.5. The molecule has 12 nitrogen and oxygen atoms in total. The molecule has 0 fully saturated rings. The predicted molar refractivity (Wildman–Crippen MR) is 302 cm³/mol. The van der Waals surface area contributed by atoms with Gasteiger partial charge in [-0.3, -0.25) is 0 Å². The van der Waals surface area contributed by atoms with Crippen molar-refractivity contribution in [3.05, 3.63) is 188 Å². The van der Waals surface area contributed by atoms with Crippen molar-refractivity contribution in [2.24, 2.45) is 28.2 Å². The van der Waals surface area contributed by atoms with E-state index in [0.717, 1.165) is 90.8 Å². The van der Waals surface area contributed by atoms with Crippen LogP contribution in [0.15, 0.2) is 98.1 Å². The highest BCUT2D eigenvalue weighted by Crippen LogP contribution is 2.45. The Morgan fingerprint density at radius 3 is 0.618 bits per heavy atom. The number of aryl methyl sites for hydroxylation is 4. The maximum absolute atomic E-state index is 7.24. The lowest BCUT2D eigenvalue weighted by molar-refractivity contribution is 0.279. The number of hydrogen-bond acceptors (Lipinski definition) is 8. The summed E-state index contributed by atoms with van der Waals surface area (Å²) in [5.41, 5.74) is 12.6. The molecule has 0 unspecified atom stereocenters. The average molecular weight is 1030 g/mol. The second kappa shape index (κ2) is 20.8. The second-order valence-electron chi connectivity index (χ2n) is 25.2. The Kier molecular flexibility index (Phi) is 14.7. The average Bonchev–Trinajstić information content (AvgIpc) is 4.15. The minimum absolute atomic E-state index is 0.201. The zero-order valence-corrected chi connectivity index (χ0v) is 48.1. The molecule has 12 heteroatoms. The van der Waals surface area contributed by atoms with Gasteiger partial charge < -0.3 is 37.2 Å². The van der Waals surface area contributed by atoms with Crippen LogP contribution in [0.1, 0.15) is 173 Å². The van der Waals surface area contributed by atoms with Crippen LogP contribution in [0.5, 0.6) is 23.0 Å². The van der Waals surface area contributed by atoms with Gasteiger partial charge in [-0.25, -0.2) is 19.9 Å². The summed E-state index contributed by atoms with van der Waals surface area (Å²) in [4.78, 5) is 18.9. The van der Waals surface area contributed by atoms with E-state index in [1.807, 2.05) is 96.0 Å². The first-order valence-electron chi connectivity index (χ1n) is 26.8. The Hall–Kier alpha value is -7.08. The number of fused-ring (bicyclic) bond motifs is 8. The summed E-state index contributed by atoms with van der Waals surface area (Å²) in [6.07, 6.45) is 17.3. The largest absolute Gasteiger partial charge is 0.485 e. The van der Waals surface area contributed by atoms with Crippen LogP contribution in [0.4, 0.5) is 0 Å². The molecule has 0 N–H and O–H groups in total. The third-order valence-electron chi connectivity index (χ3n) is 15.0. The molecule has 8 aromatic rings. The quantitative estimate of drug-likeness (QED) is 0.119. The van der Waals surface area contributed by atoms with E-state index in [1.165, 1.54) is 22.3 Å². The van der Waals surface area contributed by atoms with Crippen molar-refractivity contribution >= 4 is 0 Å². The Bertz CT molecular complexity index is 2830. The summed E-state index contributed by atoms with van der Waals surface area (Å²) in [6.45, 7) is 28.7. The van der Waals surface area contributed by atoms with Crippen molar-refractivity contribution in [3.63, 3.8) is 0 Å². The number of benzene rings is 4. The van der Waals surface area contributed by atoms with E-state index >= 15 is 0 Å². The third-order valence-corrected chi connectivity index (χ3v) is 15.0. The lowest BCUT2D eigenvalue weighted by atomic mass is 9.79. The Morgan fingerprint density at radius 1 is 0.316 bits per heavy atom. The maximum atomic E-state index is 7.24. The fraction of sp³-hybridized carbons (Fsp3) is 0.438. The van der Waals surface area contributed by atoms with Gasteiger partial charge >= 0.3 is 0 Å². The number of aromatic nitrogens is 8. The van der Waals surface area contributed by atoms with Crippen molar-refractivity contribution in [1.29, 1.82) is 0 Å². The molecule has 0 aliphatic heterocycles. The van der Waals surface area contributed by atoms with Crippen molar-refractivity contribution in [2.75, 3.05) is 0 Å². The smallest absolute Gasteiger partial charge is 0.146 e. The molecule has 4 aromatic heterocycles. The normalized spacial score (nSPS) is 13.3. The molecule has 400 valence electrons. The number of rotatable bonds is 12. The summed E-state index contributed by atoms with van der Waals surface area (Å²) >= 11 is 0. The molecule has 76 heavy (non-hydrogen) atoms. The molecule has 1 aliphatic rings. The van der Waals surface area contributed by atoms with Gasteiger partial charge in [-0.2, -0.15) is 0 Å². The topological polar surface area (TPSA) is 108 Å². The van der Waals surface area contributed by atoms with Crippen LogP contribution in [-0.4, -0.2) is 38.2 Å². The molecular formula is C64H80N8O4. The van der Waals surface area contributed by atoms with Crippen LogP contribution in [0, 0.1) is 0 Å². The Balaban J connectivity index is 1.39. The number of ether oxygens (including phenoxy) is 4. The summed E-state index contributed by atoms with van der Waals surface area (Å²) < 4.78 is 37.1.